The van der Waals surface area contributed by atoms with Crippen LogP contribution in [0.3, 0.4) is 0 Å². The molecule has 0 amide bonds. The molecule has 2 N–H and O–H groups in total. The molecule has 8 bridgehead atoms. The predicted molar refractivity (Wildman–Crippen MR) is 108 cm³/mol. The zero-order valence-electron chi connectivity index (χ0n) is 14.7. The Kier molecular flexibility index (Phi) is 3.19. The molecule has 5 rings (SSSR count). The van der Waals surface area contributed by atoms with Crippen LogP contribution in [0.2, 0.25) is 0 Å². The van der Waals surface area contributed by atoms with Crippen molar-refractivity contribution in [3.8, 4) is 0 Å². The number of fused-ring (bicyclic) bond motifs is 8. The minimum absolute atomic E-state index is 0.949. The Morgan fingerprint density at radius 3 is 1.54 bits per heavy atom. The first-order valence-corrected chi connectivity index (χ1v) is 8.69. The van der Waals surface area contributed by atoms with Crippen LogP contribution in [0, 0.1) is 13.8 Å². The lowest BCUT2D eigenvalue weighted by Crippen LogP contribution is -1.82. The topological polar surface area (TPSA) is 57.4 Å². The first kappa shape index (κ1) is 14.9. The largest absolute Gasteiger partial charge is 0.355 e. The molecule has 2 aliphatic heterocycles. The highest BCUT2D eigenvalue weighted by atomic mass is 14.8. The molecular weight excluding hydrogens is 320 g/mol. The minimum atomic E-state index is 0.949. The molecule has 3 aromatic rings. The van der Waals surface area contributed by atoms with Gasteiger partial charge in [0.1, 0.15) is 0 Å². The Morgan fingerprint density at radius 2 is 1.08 bits per heavy atom. The number of H-pyrrole nitrogens is 2. The molecule has 126 valence electrons. The second-order valence-electron chi connectivity index (χ2n) is 6.70. The second kappa shape index (κ2) is 5.56. The molecule has 5 heterocycles. The second-order valence-corrected chi connectivity index (χ2v) is 6.70. The van der Waals surface area contributed by atoms with E-state index in [4.69, 9.17) is 9.97 Å². The third-order valence-corrected chi connectivity index (χ3v) is 4.92. The molecule has 2 aliphatic rings. The molecular formula is C22H18N4. The maximum Gasteiger partial charge on any atom is 0.0687 e. The van der Waals surface area contributed by atoms with E-state index in [1.165, 1.54) is 0 Å². The Labute approximate surface area is 151 Å². The summed E-state index contributed by atoms with van der Waals surface area (Å²) in [6.45, 7) is 4.18. The van der Waals surface area contributed by atoms with E-state index in [2.05, 4.69) is 84.5 Å². The van der Waals surface area contributed by atoms with E-state index in [1.807, 2.05) is 0 Å². The first-order chi connectivity index (χ1) is 12.7. The smallest absolute Gasteiger partial charge is 0.0687 e. The van der Waals surface area contributed by atoms with Crippen molar-refractivity contribution in [1.82, 2.24) is 19.9 Å². The highest BCUT2D eigenvalue weighted by Gasteiger charge is 2.06. The average molecular weight is 338 g/mol. The zero-order valence-corrected chi connectivity index (χ0v) is 14.7. The Balaban J connectivity index is 1.91. The number of hydrogen-bond acceptors (Lipinski definition) is 2. The van der Waals surface area contributed by atoms with Crippen molar-refractivity contribution in [2.45, 2.75) is 13.8 Å². The lowest BCUT2D eigenvalue weighted by molar-refractivity contribution is 1.26. The summed E-state index contributed by atoms with van der Waals surface area (Å²) in [4.78, 5) is 16.4. The van der Waals surface area contributed by atoms with Gasteiger partial charge in [-0.05, 0) is 85.7 Å². The summed E-state index contributed by atoms with van der Waals surface area (Å²) in [5.41, 5.74) is 10.3. The third-order valence-electron chi connectivity index (χ3n) is 4.92. The fourth-order valence-corrected chi connectivity index (χ4v) is 3.36. The molecule has 0 aromatic carbocycles. The number of aryl methyl sites for hydroxylation is 2. The van der Waals surface area contributed by atoms with Crippen molar-refractivity contribution < 1.29 is 0 Å². The van der Waals surface area contributed by atoms with E-state index in [0.717, 1.165) is 56.0 Å². The van der Waals surface area contributed by atoms with Crippen LogP contribution in [0.5, 0.6) is 0 Å². The first-order valence-electron chi connectivity index (χ1n) is 8.69. The molecule has 0 aliphatic carbocycles. The maximum absolute atomic E-state index is 4.76. The van der Waals surface area contributed by atoms with Gasteiger partial charge in [0.25, 0.3) is 0 Å². The van der Waals surface area contributed by atoms with Crippen LogP contribution < -0.4 is 0 Å². The molecule has 26 heavy (non-hydrogen) atoms. The van der Waals surface area contributed by atoms with E-state index in [1.54, 1.807) is 0 Å². The number of nitrogens with one attached hydrogen (secondary N) is 2. The Bertz CT molecular complexity index is 1150. The van der Waals surface area contributed by atoms with E-state index >= 15 is 0 Å². The van der Waals surface area contributed by atoms with Crippen LogP contribution in [-0.2, 0) is 0 Å². The van der Waals surface area contributed by atoms with Crippen molar-refractivity contribution in [3.05, 3.63) is 70.3 Å². The van der Waals surface area contributed by atoms with Crippen molar-refractivity contribution >= 4 is 46.4 Å². The van der Waals surface area contributed by atoms with Gasteiger partial charge in [0.05, 0.1) is 22.8 Å². The van der Waals surface area contributed by atoms with E-state index in [-0.39, 0.29) is 0 Å². The number of aromatic nitrogens is 4. The lowest BCUT2D eigenvalue weighted by atomic mass is 10.2. The van der Waals surface area contributed by atoms with Crippen LogP contribution in [0.1, 0.15) is 33.9 Å². The van der Waals surface area contributed by atoms with E-state index in [0.29, 0.717) is 0 Å². The number of hydrogen-bond donors (Lipinski definition) is 2. The highest BCUT2D eigenvalue weighted by molar-refractivity contribution is 5.80. The molecule has 0 saturated heterocycles. The maximum atomic E-state index is 4.76. The van der Waals surface area contributed by atoms with Gasteiger partial charge in [-0.25, -0.2) is 9.97 Å². The highest BCUT2D eigenvalue weighted by Crippen LogP contribution is 2.21. The van der Waals surface area contributed by atoms with E-state index in [9.17, 15) is 0 Å². The fourth-order valence-electron chi connectivity index (χ4n) is 3.36. The predicted octanol–water partition coefficient (Wildman–Crippen LogP) is 5.27. The van der Waals surface area contributed by atoms with Crippen molar-refractivity contribution in [1.29, 1.82) is 0 Å². The van der Waals surface area contributed by atoms with Crippen molar-refractivity contribution in [2.75, 3.05) is 0 Å². The lowest BCUT2D eigenvalue weighted by Gasteiger charge is -1.93. The molecule has 0 saturated carbocycles. The van der Waals surface area contributed by atoms with Crippen LogP contribution in [0.25, 0.3) is 46.4 Å². The third kappa shape index (κ3) is 2.47. The summed E-state index contributed by atoms with van der Waals surface area (Å²) in [6.07, 6.45) is 8.23. The number of rotatable bonds is 0. The van der Waals surface area contributed by atoms with Crippen LogP contribution >= 0.6 is 0 Å². The molecule has 0 fully saturated rings. The summed E-state index contributed by atoms with van der Waals surface area (Å²) >= 11 is 0. The summed E-state index contributed by atoms with van der Waals surface area (Å²) in [5.74, 6) is 0. The van der Waals surface area contributed by atoms with Crippen molar-refractivity contribution in [2.24, 2.45) is 0 Å². The summed E-state index contributed by atoms with van der Waals surface area (Å²) < 4.78 is 0. The molecule has 0 unspecified atom stereocenters. The minimum Gasteiger partial charge on any atom is -0.355 e. The fraction of sp³-hybridized carbons (Fsp3) is 0.0909. The van der Waals surface area contributed by atoms with Gasteiger partial charge in [-0.2, -0.15) is 0 Å². The van der Waals surface area contributed by atoms with E-state index < -0.39 is 0 Å². The molecule has 4 nitrogen and oxygen atoms in total. The quantitative estimate of drug-likeness (QED) is 0.404. The number of nitrogens with zero attached hydrogens (tertiary/aromatic N) is 2. The van der Waals surface area contributed by atoms with Crippen LogP contribution in [0.15, 0.2) is 36.4 Å². The van der Waals surface area contributed by atoms with Crippen molar-refractivity contribution in [3.63, 3.8) is 0 Å². The van der Waals surface area contributed by atoms with Gasteiger partial charge in [0.2, 0.25) is 0 Å². The molecule has 0 radical (unpaired) electrons. The van der Waals surface area contributed by atoms with Crippen LogP contribution in [-0.4, -0.2) is 19.9 Å². The van der Waals surface area contributed by atoms with Gasteiger partial charge in [-0.3, -0.25) is 0 Å². The number of aromatic amines is 2. The zero-order chi connectivity index (χ0) is 17.7. The Hall–Kier alpha value is -3.40. The molecule has 0 spiro atoms. The monoisotopic (exact) mass is 338 g/mol. The standard InChI is InChI=1S/C22H18N4/c1-13-19-7-3-15(23-19)11-17-5-9-21(25-17)14(2)22-10-6-18(26-22)12-16-4-8-20(13)24-16/h3-12,23,26H,1-2H3. The summed E-state index contributed by atoms with van der Waals surface area (Å²) in [7, 11) is 0. The van der Waals surface area contributed by atoms with Gasteiger partial charge < -0.3 is 9.97 Å². The Morgan fingerprint density at radius 1 is 0.615 bits per heavy atom. The molecule has 0 atom stereocenters. The molecule has 3 aromatic heterocycles. The average Bonchev–Trinajstić information content (AvgIpc) is 3.41. The summed E-state index contributed by atoms with van der Waals surface area (Å²) in [6, 6.07) is 12.5. The van der Waals surface area contributed by atoms with Gasteiger partial charge in [-0.1, -0.05) is 0 Å². The van der Waals surface area contributed by atoms with Crippen LogP contribution in [0.4, 0.5) is 0 Å². The molecule has 4 heteroatoms. The van der Waals surface area contributed by atoms with Gasteiger partial charge in [0, 0.05) is 22.1 Å². The van der Waals surface area contributed by atoms with Gasteiger partial charge >= 0.3 is 0 Å². The summed E-state index contributed by atoms with van der Waals surface area (Å²) in [5, 5.41) is 0. The SMILES string of the molecule is Cc1c2nc(cc3ccc([nH]3)c(C)c3nc(cc4ccc1[nH]4)C=C3)C=C2. The van der Waals surface area contributed by atoms with Gasteiger partial charge in [-0.15, -0.1) is 0 Å². The normalized spacial score (nSPS) is 12.7. The van der Waals surface area contributed by atoms with Gasteiger partial charge in [0.15, 0.2) is 0 Å².